The maximum Gasteiger partial charge on any atom is 0.320 e. The highest BCUT2D eigenvalue weighted by Crippen LogP contribution is 2.31. The summed E-state index contributed by atoms with van der Waals surface area (Å²) in [4.78, 5) is 37.3. The molecule has 6 nitrogen and oxygen atoms in total. The minimum absolute atomic E-state index is 0.0350. The van der Waals surface area contributed by atoms with Crippen molar-refractivity contribution in [1.29, 1.82) is 0 Å². The van der Waals surface area contributed by atoms with Crippen LogP contribution in [0.15, 0.2) is 29.8 Å². The Morgan fingerprint density at radius 3 is 2.30 bits per heavy atom. The summed E-state index contributed by atoms with van der Waals surface area (Å²) in [6.07, 6.45) is 2.62. The van der Waals surface area contributed by atoms with Crippen LogP contribution in [0.3, 0.4) is 0 Å². The average Bonchev–Trinajstić information content (AvgIpc) is 3.15. The fourth-order valence-corrected chi connectivity index (χ4v) is 3.34. The first-order valence-corrected chi connectivity index (χ1v) is 9.23. The third-order valence-electron chi connectivity index (χ3n) is 4.67. The van der Waals surface area contributed by atoms with Crippen LogP contribution in [0.5, 0.6) is 0 Å². The number of hydrogen-bond donors (Lipinski definition) is 0. The fraction of sp³-hybridized carbons (Fsp3) is 0.381. The van der Waals surface area contributed by atoms with Crippen molar-refractivity contribution in [2.24, 2.45) is 5.92 Å². The Kier molecular flexibility index (Phi) is 5.44. The molecular weight excluding hydrogens is 346 g/mol. The maximum atomic E-state index is 12.9. The summed E-state index contributed by atoms with van der Waals surface area (Å²) in [6, 6.07) is 7.95. The van der Waals surface area contributed by atoms with E-state index in [9.17, 15) is 14.4 Å². The van der Waals surface area contributed by atoms with Crippen molar-refractivity contribution in [3.8, 4) is 0 Å². The Balaban J connectivity index is 1.90. The first kappa shape index (κ1) is 18.9. The molecule has 142 valence electrons. The van der Waals surface area contributed by atoms with Crippen LogP contribution in [-0.2, 0) is 25.5 Å². The molecule has 3 rings (SSSR count). The number of hydrogen-bond acceptors (Lipinski definition) is 5. The number of rotatable bonds is 7. The summed E-state index contributed by atoms with van der Waals surface area (Å²) in [5, 5.41) is 1.00. The highest BCUT2D eigenvalue weighted by atomic mass is 16.6. The molecule has 0 radical (unpaired) electrons. The van der Waals surface area contributed by atoms with Crippen LogP contribution < -0.4 is 0 Å². The van der Waals surface area contributed by atoms with Crippen molar-refractivity contribution in [2.75, 3.05) is 13.2 Å². The second-order valence-corrected chi connectivity index (χ2v) is 6.39. The number of benzene rings is 1. The Morgan fingerprint density at radius 1 is 1.04 bits per heavy atom. The molecule has 0 atom stereocenters. The number of esters is 2. The van der Waals surface area contributed by atoms with E-state index in [1.165, 1.54) is 5.56 Å². The minimum atomic E-state index is -1.14. The molecule has 0 fully saturated rings. The number of carbonyl (C=O) groups excluding carboxylic acids is 3. The lowest BCUT2D eigenvalue weighted by Crippen LogP contribution is -2.29. The van der Waals surface area contributed by atoms with E-state index in [0.29, 0.717) is 5.57 Å². The first-order valence-electron chi connectivity index (χ1n) is 9.23. The van der Waals surface area contributed by atoms with Gasteiger partial charge in [-0.3, -0.25) is 19.0 Å². The van der Waals surface area contributed by atoms with Crippen molar-refractivity contribution in [3.05, 3.63) is 41.1 Å². The molecule has 0 saturated heterocycles. The summed E-state index contributed by atoms with van der Waals surface area (Å²) in [5.41, 5.74) is 3.18. The third-order valence-corrected chi connectivity index (χ3v) is 4.67. The molecule has 1 aromatic carbocycles. The zero-order valence-electron chi connectivity index (χ0n) is 15.8. The zero-order valence-corrected chi connectivity index (χ0v) is 15.8. The minimum Gasteiger partial charge on any atom is -0.465 e. The first-order chi connectivity index (χ1) is 13.0. The van der Waals surface area contributed by atoms with Crippen LogP contribution >= 0.6 is 0 Å². The van der Waals surface area contributed by atoms with Gasteiger partial charge in [0, 0.05) is 17.4 Å². The molecule has 1 aliphatic rings. The second-order valence-electron chi connectivity index (χ2n) is 6.39. The number of ether oxygens (including phenoxy) is 2. The predicted molar refractivity (Wildman–Crippen MR) is 101 cm³/mol. The van der Waals surface area contributed by atoms with Gasteiger partial charge in [0.05, 0.1) is 24.4 Å². The third kappa shape index (κ3) is 3.52. The quantitative estimate of drug-likeness (QED) is 0.552. The number of nitrogens with zero attached hydrogens (tertiary/aromatic N) is 1. The van der Waals surface area contributed by atoms with Gasteiger partial charge in [-0.15, -0.1) is 0 Å². The number of fused-ring (bicyclic) bond motifs is 3. The van der Waals surface area contributed by atoms with Gasteiger partial charge in [0.1, 0.15) is 0 Å². The summed E-state index contributed by atoms with van der Waals surface area (Å²) < 4.78 is 11.6. The van der Waals surface area contributed by atoms with E-state index in [1.807, 2.05) is 18.2 Å². The van der Waals surface area contributed by atoms with Gasteiger partial charge in [0.2, 0.25) is 0 Å². The van der Waals surface area contributed by atoms with E-state index < -0.39 is 17.9 Å². The van der Waals surface area contributed by atoms with Crippen molar-refractivity contribution < 1.29 is 23.9 Å². The molecule has 2 aromatic rings. The van der Waals surface area contributed by atoms with Gasteiger partial charge in [-0.25, -0.2) is 0 Å². The van der Waals surface area contributed by atoms with Gasteiger partial charge in [0.25, 0.3) is 5.91 Å². The van der Waals surface area contributed by atoms with E-state index in [1.54, 1.807) is 24.5 Å². The smallest absolute Gasteiger partial charge is 0.320 e. The lowest BCUT2D eigenvalue weighted by Gasteiger charge is -2.14. The van der Waals surface area contributed by atoms with Crippen molar-refractivity contribution >= 4 is 34.8 Å². The maximum absolute atomic E-state index is 12.9. The largest absolute Gasteiger partial charge is 0.465 e. The molecule has 0 unspecified atom stereocenters. The van der Waals surface area contributed by atoms with E-state index in [-0.39, 0.29) is 25.5 Å². The molecular formula is C21H23NO5. The van der Waals surface area contributed by atoms with Crippen LogP contribution in [0, 0.1) is 5.92 Å². The predicted octanol–water partition coefficient (Wildman–Crippen LogP) is 3.37. The van der Waals surface area contributed by atoms with Gasteiger partial charge < -0.3 is 9.47 Å². The van der Waals surface area contributed by atoms with Gasteiger partial charge in [-0.05, 0) is 50.1 Å². The molecule has 0 amide bonds. The van der Waals surface area contributed by atoms with Gasteiger partial charge in [-0.2, -0.15) is 0 Å². The summed E-state index contributed by atoms with van der Waals surface area (Å²) in [5.74, 6) is -2.69. The number of aryl methyl sites for hydroxylation is 1. The molecule has 27 heavy (non-hydrogen) atoms. The Bertz CT molecular complexity index is 919. The van der Waals surface area contributed by atoms with E-state index >= 15 is 0 Å². The van der Waals surface area contributed by atoms with Gasteiger partial charge >= 0.3 is 11.9 Å². The fourth-order valence-electron chi connectivity index (χ4n) is 3.34. The average molecular weight is 369 g/mol. The number of carbonyl (C=O) groups is 3. The van der Waals surface area contributed by atoms with Crippen LogP contribution in [-0.4, -0.2) is 35.6 Å². The Hall–Kier alpha value is -2.89. The molecule has 0 bridgehead atoms. The molecule has 1 aliphatic heterocycles. The highest BCUT2D eigenvalue weighted by molar-refractivity contribution is 6.11. The Morgan fingerprint density at radius 2 is 1.70 bits per heavy atom. The van der Waals surface area contributed by atoms with Crippen molar-refractivity contribution in [1.82, 2.24) is 4.57 Å². The van der Waals surface area contributed by atoms with Crippen LogP contribution in [0.25, 0.3) is 17.0 Å². The zero-order chi connectivity index (χ0) is 19.6. The van der Waals surface area contributed by atoms with Gasteiger partial charge in [-0.1, -0.05) is 13.0 Å². The number of allylic oxidation sites excluding steroid dienone is 1. The number of aromatic nitrogens is 1. The Labute approximate surface area is 157 Å². The lowest BCUT2D eigenvalue weighted by atomic mass is 9.99. The molecule has 0 saturated carbocycles. The molecule has 1 aromatic heterocycles. The van der Waals surface area contributed by atoms with E-state index in [0.717, 1.165) is 23.0 Å². The van der Waals surface area contributed by atoms with Crippen LogP contribution in [0.4, 0.5) is 0 Å². The van der Waals surface area contributed by atoms with E-state index in [2.05, 4.69) is 13.0 Å². The van der Waals surface area contributed by atoms with Crippen LogP contribution in [0.2, 0.25) is 0 Å². The van der Waals surface area contributed by atoms with Crippen molar-refractivity contribution in [3.63, 3.8) is 0 Å². The normalized spacial score (nSPS) is 13.0. The molecule has 0 aliphatic carbocycles. The summed E-state index contributed by atoms with van der Waals surface area (Å²) >= 11 is 0. The van der Waals surface area contributed by atoms with E-state index in [4.69, 9.17) is 9.47 Å². The SMILES string of the molecule is CCOC(=O)C(CC1=Cc2cc3cc(CC)ccc3n2C1=O)C(=O)OCC. The summed E-state index contributed by atoms with van der Waals surface area (Å²) in [7, 11) is 0. The van der Waals surface area contributed by atoms with Crippen molar-refractivity contribution in [2.45, 2.75) is 33.6 Å². The van der Waals surface area contributed by atoms with Crippen LogP contribution in [0.1, 0.15) is 43.2 Å². The standard InChI is InChI=1S/C21H23NO5/c1-4-13-7-8-18-14(9-13)10-16-11-15(19(23)22(16)18)12-17(20(24)26-5-2)21(25)27-6-3/h7-11,17H,4-6,12H2,1-3H3. The molecule has 2 heterocycles. The monoisotopic (exact) mass is 369 g/mol. The topological polar surface area (TPSA) is 74.6 Å². The molecule has 0 spiro atoms. The highest BCUT2D eigenvalue weighted by Gasteiger charge is 2.35. The summed E-state index contributed by atoms with van der Waals surface area (Å²) in [6.45, 7) is 5.74. The lowest BCUT2D eigenvalue weighted by molar-refractivity contribution is -0.161. The molecule has 0 N–H and O–H groups in total. The van der Waals surface area contributed by atoms with Gasteiger partial charge in [0.15, 0.2) is 5.92 Å². The molecule has 6 heteroatoms. The second kappa shape index (κ2) is 7.78.